The molecule has 1 N–H and O–H groups in total. The quantitative estimate of drug-likeness (QED) is 0.903. The Morgan fingerprint density at radius 2 is 2.35 bits per heavy atom. The van der Waals surface area contributed by atoms with Crippen LogP contribution in [0.5, 0.6) is 5.75 Å². The predicted octanol–water partition coefficient (Wildman–Crippen LogP) is 1.96. The van der Waals surface area contributed by atoms with Crippen LogP contribution in [0.25, 0.3) is 0 Å². The fraction of sp³-hybridized carbons (Fsp3) is 0.533. The molecule has 1 amide bonds. The molecule has 0 spiro atoms. The van der Waals surface area contributed by atoms with Gasteiger partial charge in [0.1, 0.15) is 5.75 Å². The molecule has 0 bridgehead atoms. The number of carbonyl (C=O) groups is 1. The van der Waals surface area contributed by atoms with Gasteiger partial charge in [-0.25, -0.2) is 0 Å². The highest BCUT2D eigenvalue weighted by Gasteiger charge is 2.25. The maximum atomic E-state index is 12.3. The number of nitrogens with one attached hydrogen (secondary N) is 1. The number of likely N-dealkylation sites (tertiary alicyclic amines) is 1. The van der Waals surface area contributed by atoms with Gasteiger partial charge in [0.05, 0.1) is 13.5 Å². The van der Waals surface area contributed by atoms with Gasteiger partial charge >= 0.3 is 0 Å². The van der Waals surface area contributed by atoms with Crippen molar-refractivity contribution in [1.82, 2.24) is 10.2 Å². The third kappa shape index (κ3) is 3.64. The maximum absolute atomic E-state index is 12.3. The summed E-state index contributed by atoms with van der Waals surface area (Å²) in [6, 6.07) is 5.44. The van der Waals surface area contributed by atoms with E-state index in [0.717, 1.165) is 31.6 Å². The van der Waals surface area contributed by atoms with E-state index in [1.165, 1.54) is 0 Å². The number of amides is 1. The average Bonchev–Trinajstić information content (AvgIpc) is 2.90. The Kier molecular flexibility index (Phi) is 5.26. The first-order chi connectivity index (χ1) is 9.63. The number of hydrogen-bond donors (Lipinski definition) is 1. The van der Waals surface area contributed by atoms with Gasteiger partial charge < -0.3 is 15.0 Å². The van der Waals surface area contributed by atoms with Crippen molar-refractivity contribution in [1.29, 1.82) is 0 Å². The molecule has 5 heteroatoms. The molecular weight excluding hydrogens is 276 g/mol. The van der Waals surface area contributed by atoms with Crippen molar-refractivity contribution in [2.45, 2.75) is 12.8 Å². The van der Waals surface area contributed by atoms with Crippen molar-refractivity contribution in [3.63, 3.8) is 0 Å². The zero-order valence-electron chi connectivity index (χ0n) is 12.0. The standard InChI is InChI=1S/C15H21ClN2O2/c1-17-9-11-5-6-18(10-11)15(19)7-12-3-4-13(20-2)8-14(12)16/h3-4,8,11,17H,5-7,9-10H2,1-2H3. The molecule has 1 atom stereocenters. The van der Waals surface area contributed by atoms with Gasteiger partial charge in [0.15, 0.2) is 0 Å². The molecule has 0 radical (unpaired) electrons. The normalized spacial score (nSPS) is 18.4. The van der Waals surface area contributed by atoms with Crippen LogP contribution in [-0.2, 0) is 11.2 Å². The van der Waals surface area contributed by atoms with Crippen LogP contribution in [0, 0.1) is 5.92 Å². The van der Waals surface area contributed by atoms with Crippen LogP contribution in [0.3, 0.4) is 0 Å². The van der Waals surface area contributed by atoms with E-state index in [1.807, 2.05) is 24.1 Å². The molecule has 1 aliphatic rings. The van der Waals surface area contributed by atoms with Gasteiger partial charge in [-0.3, -0.25) is 4.79 Å². The van der Waals surface area contributed by atoms with E-state index in [4.69, 9.17) is 16.3 Å². The van der Waals surface area contributed by atoms with Crippen LogP contribution in [0.15, 0.2) is 18.2 Å². The number of nitrogens with zero attached hydrogens (tertiary/aromatic N) is 1. The monoisotopic (exact) mass is 296 g/mol. The first kappa shape index (κ1) is 15.1. The number of carbonyl (C=O) groups excluding carboxylic acids is 1. The Balaban J connectivity index is 1.95. The van der Waals surface area contributed by atoms with Gasteiger partial charge in [-0.05, 0) is 43.6 Å². The molecule has 1 aromatic rings. The lowest BCUT2D eigenvalue weighted by molar-refractivity contribution is -0.129. The van der Waals surface area contributed by atoms with E-state index in [2.05, 4.69) is 5.32 Å². The minimum Gasteiger partial charge on any atom is -0.497 e. The Morgan fingerprint density at radius 3 is 3.00 bits per heavy atom. The van der Waals surface area contributed by atoms with Crippen molar-refractivity contribution in [3.05, 3.63) is 28.8 Å². The molecule has 1 fully saturated rings. The van der Waals surface area contributed by atoms with Gasteiger partial charge in [-0.15, -0.1) is 0 Å². The Morgan fingerprint density at radius 1 is 1.55 bits per heavy atom. The summed E-state index contributed by atoms with van der Waals surface area (Å²) in [4.78, 5) is 14.2. The summed E-state index contributed by atoms with van der Waals surface area (Å²) in [6.45, 7) is 2.65. The topological polar surface area (TPSA) is 41.6 Å². The third-order valence-electron chi connectivity index (χ3n) is 3.73. The van der Waals surface area contributed by atoms with Crippen LogP contribution in [0.2, 0.25) is 5.02 Å². The molecule has 1 heterocycles. The molecule has 110 valence electrons. The molecule has 1 unspecified atom stereocenters. The van der Waals surface area contributed by atoms with Gasteiger partial charge in [0.25, 0.3) is 0 Å². The van der Waals surface area contributed by atoms with Gasteiger partial charge in [-0.1, -0.05) is 17.7 Å². The summed E-state index contributed by atoms with van der Waals surface area (Å²) in [7, 11) is 3.55. The van der Waals surface area contributed by atoms with Crippen molar-refractivity contribution < 1.29 is 9.53 Å². The van der Waals surface area contributed by atoms with Crippen LogP contribution in [0.4, 0.5) is 0 Å². The fourth-order valence-corrected chi connectivity index (χ4v) is 2.82. The lowest BCUT2D eigenvalue weighted by Gasteiger charge is -2.17. The number of halogens is 1. The highest BCUT2D eigenvalue weighted by Crippen LogP contribution is 2.24. The molecular formula is C15H21ClN2O2. The largest absolute Gasteiger partial charge is 0.497 e. The van der Waals surface area contributed by atoms with E-state index >= 15 is 0 Å². The molecule has 20 heavy (non-hydrogen) atoms. The summed E-state index contributed by atoms with van der Waals surface area (Å²) in [5, 5.41) is 3.75. The Labute approximate surface area is 125 Å². The molecule has 4 nitrogen and oxygen atoms in total. The second kappa shape index (κ2) is 6.95. The summed E-state index contributed by atoms with van der Waals surface area (Å²) < 4.78 is 5.11. The van der Waals surface area contributed by atoms with Crippen LogP contribution < -0.4 is 10.1 Å². The first-order valence-corrected chi connectivity index (χ1v) is 7.26. The van der Waals surface area contributed by atoms with Crippen LogP contribution >= 0.6 is 11.6 Å². The average molecular weight is 297 g/mol. The van der Waals surface area contributed by atoms with Gasteiger partial charge in [0.2, 0.25) is 5.91 Å². The predicted molar refractivity (Wildman–Crippen MR) is 80.3 cm³/mol. The third-order valence-corrected chi connectivity index (χ3v) is 4.09. The highest BCUT2D eigenvalue weighted by atomic mass is 35.5. The van der Waals surface area contributed by atoms with Gasteiger partial charge in [-0.2, -0.15) is 0 Å². The smallest absolute Gasteiger partial charge is 0.227 e. The zero-order valence-corrected chi connectivity index (χ0v) is 12.7. The van der Waals surface area contributed by atoms with Crippen LogP contribution in [0.1, 0.15) is 12.0 Å². The second-order valence-corrected chi connectivity index (χ2v) is 5.59. The highest BCUT2D eigenvalue weighted by molar-refractivity contribution is 6.31. The molecule has 2 rings (SSSR count). The second-order valence-electron chi connectivity index (χ2n) is 5.19. The van der Waals surface area contributed by atoms with E-state index in [1.54, 1.807) is 13.2 Å². The lowest BCUT2D eigenvalue weighted by atomic mass is 10.1. The summed E-state index contributed by atoms with van der Waals surface area (Å²) >= 11 is 6.18. The lowest BCUT2D eigenvalue weighted by Crippen LogP contribution is -2.31. The summed E-state index contributed by atoms with van der Waals surface area (Å²) in [6.07, 6.45) is 1.43. The number of rotatable bonds is 5. The molecule has 0 saturated carbocycles. The molecule has 0 aliphatic carbocycles. The number of hydrogen-bond acceptors (Lipinski definition) is 3. The Hall–Kier alpha value is -1.26. The van der Waals surface area contributed by atoms with Crippen molar-refractivity contribution in [3.8, 4) is 5.75 Å². The van der Waals surface area contributed by atoms with E-state index < -0.39 is 0 Å². The first-order valence-electron chi connectivity index (χ1n) is 6.88. The maximum Gasteiger partial charge on any atom is 0.227 e. The molecule has 0 aromatic heterocycles. The Bertz CT molecular complexity index is 479. The van der Waals surface area contributed by atoms with Gasteiger partial charge in [0, 0.05) is 18.1 Å². The molecule has 1 saturated heterocycles. The number of benzene rings is 1. The minimum atomic E-state index is 0.149. The minimum absolute atomic E-state index is 0.149. The summed E-state index contributed by atoms with van der Waals surface area (Å²) in [5.74, 6) is 1.42. The molecule has 1 aliphatic heterocycles. The van der Waals surface area contributed by atoms with E-state index in [-0.39, 0.29) is 5.91 Å². The number of methoxy groups -OCH3 is 1. The van der Waals surface area contributed by atoms with Crippen molar-refractivity contribution in [2.24, 2.45) is 5.92 Å². The summed E-state index contributed by atoms with van der Waals surface area (Å²) in [5.41, 5.74) is 0.856. The SMILES string of the molecule is CNCC1CCN(C(=O)Cc2ccc(OC)cc2Cl)C1. The van der Waals surface area contributed by atoms with Crippen molar-refractivity contribution >= 4 is 17.5 Å². The van der Waals surface area contributed by atoms with Crippen molar-refractivity contribution in [2.75, 3.05) is 33.8 Å². The zero-order chi connectivity index (χ0) is 14.5. The van der Waals surface area contributed by atoms with E-state index in [9.17, 15) is 4.79 Å². The van der Waals surface area contributed by atoms with Crippen LogP contribution in [-0.4, -0.2) is 44.6 Å². The van der Waals surface area contributed by atoms with E-state index in [0.29, 0.717) is 23.1 Å². The molecule has 1 aromatic carbocycles. The fourth-order valence-electron chi connectivity index (χ4n) is 2.59. The number of ether oxygens (including phenoxy) is 1.